The largest absolute Gasteiger partial charge is 0.474 e. The van der Waals surface area contributed by atoms with Crippen LogP contribution in [0.4, 0.5) is 32.0 Å². The summed E-state index contributed by atoms with van der Waals surface area (Å²) in [5.41, 5.74) is -5.51. The second-order valence-corrected chi connectivity index (χ2v) is 4.90. The number of nitro groups is 1. The van der Waals surface area contributed by atoms with E-state index in [0.717, 1.165) is 0 Å². The number of halogens is 6. The lowest BCUT2D eigenvalue weighted by Gasteiger charge is -2.20. The van der Waals surface area contributed by atoms with Crippen molar-refractivity contribution in [2.24, 2.45) is 0 Å². The molecule has 24 heavy (non-hydrogen) atoms. The molecule has 5 nitrogen and oxygen atoms in total. The topological polar surface area (TPSA) is 65.3 Å². The fourth-order valence-corrected chi connectivity index (χ4v) is 1.95. The van der Waals surface area contributed by atoms with E-state index >= 15 is 0 Å². The molecule has 0 fully saturated rings. The number of alkyl halides is 6. The van der Waals surface area contributed by atoms with Crippen LogP contribution in [0.1, 0.15) is 44.4 Å². The Kier molecular flexibility index (Phi) is 6.01. The average Bonchev–Trinajstić information content (AvgIpc) is 2.43. The molecule has 0 amide bonds. The van der Waals surface area contributed by atoms with Gasteiger partial charge in [0.1, 0.15) is 11.7 Å². The first-order valence-electron chi connectivity index (χ1n) is 6.92. The first kappa shape index (κ1) is 20.0. The van der Waals surface area contributed by atoms with E-state index in [2.05, 4.69) is 4.98 Å². The highest BCUT2D eigenvalue weighted by Crippen LogP contribution is 2.43. The zero-order chi connectivity index (χ0) is 18.7. The van der Waals surface area contributed by atoms with E-state index in [0.29, 0.717) is 12.8 Å². The standard InChI is InChI=1S/C13H14F6N2O3/c1-3-5-7(4-2)24-11-8(12(14,15)16)6-9(21(22)23)10(20-11)13(17,18)19/h6-7H,3-5H2,1-2H3. The van der Waals surface area contributed by atoms with Crippen molar-refractivity contribution in [2.75, 3.05) is 0 Å². The number of hydrogen-bond acceptors (Lipinski definition) is 4. The van der Waals surface area contributed by atoms with Gasteiger partial charge in [0.15, 0.2) is 0 Å². The Morgan fingerprint density at radius 1 is 1.21 bits per heavy atom. The molecule has 1 unspecified atom stereocenters. The Bertz CT molecular complexity index is 601. The highest BCUT2D eigenvalue weighted by molar-refractivity contribution is 5.46. The van der Waals surface area contributed by atoms with E-state index < -0.39 is 46.2 Å². The van der Waals surface area contributed by atoms with Gasteiger partial charge < -0.3 is 4.74 Å². The molecule has 0 spiro atoms. The molecule has 0 N–H and O–H groups in total. The number of nitrogens with zero attached hydrogens (tertiary/aromatic N) is 2. The van der Waals surface area contributed by atoms with Gasteiger partial charge in [-0.25, -0.2) is 4.98 Å². The van der Waals surface area contributed by atoms with Crippen LogP contribution in [0.5, 0.6) is 5.88 Å². The monoisotopic (exact) mass is 360 g/mol. The zero-order valence-electron chi connectivity index (χ0n) is 12.7. The summed E-state index contributed by atoms with van der Waals surface area (Å²) < 4.78 is 82.7. The third kappa shape index (κ3) is 4.71. The van der Waals surface area contributed by atoms with Gasteiger partial charge in [-0.15, -0.1) is 0 Å². The molecule has 0 saturated heterocycles. The first-order chi connectivity index (χ1) is 10.9. The Morgan fingerprint density at radius 3 is 2.17 bits per heavy atom. The van der Waals surface area contributed by atoms with Gasteiger partial charge in [0, 0.05) is 6.07 Å². The van der Waals surface area contributed by atoms with Crippen molar-refractivity contribution in [1.82, 2.24) is 4.98 Å². The number of aromatic nitrogens is 1. The molecule has 1 aromatic heterocycles. The molecule has 1 aromatic rings. The van der Waals surface area contributed by atoms with Crippen LogP contribution in [0, 0.1) is 10.1 Å². The van der Waals surface area contributed by atoms with Crippen molar-refractivity contribution in [3.8, 4) is 5.88 Å². The van der Waals surface area contributed by atoms with Gasteiger partial charge in [-0.2, -0.15) is 26.3 Å². The van der Waals surface area contributed by atoms with Gasteiger partial charge in [-0.05, 0) is 12.8 Å². The highest BCUT2D eigenvalue weighted by atomic mass is 19.4. The minimum absolute atomic E-state index is 0.191. The smallest absolute Gasteiger partial charge is 0.440 e. The summed E-state index contributed by atoms with van der Waals surface area (Å²) in [6.45, 7) is 3.31. The Labute approximate surface area is 132 Å². The maximum Gasteiger partial charge on any atom is 0.440 e. The number of ether oxygens (including phenoxy) is 1. The number of pyridine rings is 1. The summed E-state index contributed by atoms with van der Waals surface area (Å²) in [7, 11) is 0. The van der Waals surface area contributed by atoms with Crippen molar-refractivity contribution in [1.29, 1.82) is 0 Å². The van der Waals surface area contributed by atoms with Gasteiger partial charge in [0.2, 0.25) is 11.6 Å². The lowest BCUT2D eigenvalue weighted by Crippen LogP contribution is -2.22. The van der Waals surface area contributed by atoms with Crippen molar-refractivity contribution >= 4 is 5.69 Å². The summed E-state index contributed by atoms with van der Waals surface area (Å²) in [6.07, 6.45) is -10.2. The highest BCUT2D eigenvalue weighted by Gasteiger charge is 2.45. The molecule has 0 aliphatic carbocycles. The molecule has 0 aliphatic rings. The Balaban J connectivity index is 3.56. The molecule has 0 saturated carbocycles. The molecule has 0 radical (unpaired) electrons. The Hall–Kier alpha value is -2.07. The quantitative estimate of drug-likeness (QED) is 0.407. The van der Waals surface area contributed by atoms with Gasteiger partial charge >= 0.3 is 18.0 Å². The molecule has 0 aromatic carbocycles. The summed E-state index contributed by atoms with van der Waals surface area (Å²) in [5.74, 6) is -1.30. The van der Waals surface area contributed by atoms with Crippen LogP contribution in [-0.4, -0.2) is 16.0 Å². The third-order valence-electron chi connectivity index (χ3n) is 3.08. The minimum atomic E-state index is -5.29. The lowest BCUT2D eigenvalue weighted by molar-refractivity contribution is -0.388. The van der Waals surface area contributed by atoms with Crippen LogP contribution >= 0.6 is 0 Å². The summed E-state index contributed by atoms with van der Waals surface area (Å²) in [4.78, 5) is 11.9. The zero-order valence-corrected chi connectivity index (χ0v) is 12.7. The van der Waals surface area contributed by atoms with Crippen molar-refractivity contribution < 1.29 is 36.0 Å². The van der Waals surface area contributed by atoms with Crippen LogP contribution in [0.25, 0.3) is 0 Å². The molecule has 11 heteroatoms. The van der Waals surface area contributed by atoms with Gasteiger partial charge in [-0.1, -0.05) is 20.3 Å². The van der Waals surface area contributed by atoms with Gasteiger partial charge in [0.05, 0.1) is 4.92 Å². The molecule has 0 bridgehead atoms. The average molecular weight is 360 g/mol. The van der Waals surface area contributed by atoms with Crippen LogP contribution in [0.15, 0.2) is 6.07 Å². The van der Waals surface area contributed by atoms with E-state index in [1.54, 1.807) is 13.8 Å². The van der Waals surface area contributed by atoms with E-state index in [1.807, 2.05) is 0 Å². The van der Waals surface area contributed by atoms with E-state index in [9.17, 15) is 36.5 Å². The van der Waals surface area contributed by atoms with Crippen molar-refractivity contribution in [2.45, 2.75) is 51.6 Å². The minimum Gasteiger partial charge on any atom is -0.474 e. The maximum absolute atomic E-state index is 13.0. The molecule has 1 atom stereocenters. The van der Waals surface area contributed by atoms with Crippen LogP contribution in [0.3, 0.4) is 0 Å². The first-order valence-corrected chi connectivity index (χ1v) is 6.92. The third-order valence-corrected chi connectivity index (χ3v) is 3.08. The molecule has 1 heterocycles. The van der Waals surface area contributed by atoms with Crippen molar-refractivity contribution in [3.05, 3.63) is 27.4 Å². The van der Waals surface area contributed by atoms with Crippen LogP contribution < -0.4 is 4.74 Å². The van der Waals surface area contributed by atoms with E-state index in [4.69, 9.17) is 4.74 Å². The molecule has 1 rings (SSSR count). The van der Waals surface area contributed by atoms with E-state index in [-0.39, 0.29) is 12.5 Å². The van der Waals surface area contributed by atoms with Gasteiger partial charge in [-0.3, -0.25) is 10.1 Å². The second-order valence-electron chi connectivity index (χ2n) is 4.90. The maximum atomic E-state index is 13.0. The molecule has 136 valence electrons. The van der Waals surface area contributed by atoms with E-state index in [1.165, 1.54) is 0 Å². The van der Waals surface area contributed by atoms with Crippen LogP contribution in [0.2, 0.25) is 0 Å². The second kappa shape index (κ2) is 7.22. The molecular formula is C13H14F6N2O3. The Morgan fingerprint density at radius 2 is 1.79 bits per heavy atom. The predicted octanol–water partition coefficient (Wildman–Crippen LogP) is 4.98. The summed E-state index contributed by atoms with van der Waals surface area (Å²) in [5, 5.41) is 10.7. The lowest BCUT2D eigenvalue weighted by atomic mass is 10.1. The summed E-state index contributed by atoms with van der Waals surface area (Å²) >= 11 is 0. The van der Waals surface area contributed by atoms with Crippen molar-refractivity contribution in [3.63, 3.8) is 0 Å². The fraction of sp³-hybridized carbons (Fsp3) is 0.615. The normalized spacial score (nSPS) is 13.7. The SMILES string of the molecule is CCCC(CC)Oc1nc(C(F)(F)F)c([N+](=O)[O-])cc1C(F)(F)F. The number of hydrogen-bond donors (Lipinski definition) is 0. The van der Waals surface area contributed by atoms with Gasteiger partial charge in [0.25, 0.3) is 0 Å². The van der Waals surface area contributed by atoms with Crippen LogP contribution in [-0.2, 0) is 12.4 Å². The predicted molar refractivity (Wildman–Crippen MR) is 70.5 cm³/mol. The molecule has 0 aliphatic heterocycles. The molecular weight excluding hydrogens is 346 g/mol. The summed E-state index contributed by atoms with van der Waals surface area (Å²) in [6, 6.07) is -0.191. The fourth-order valence-electron chi connectivity index (χ4n) is 1.95. The number of rotatable bonds is 6.